The second-order valence-corrected chi connectivity index (χ2v) is 6.11. The van der Waals surface area contributed by atoms with E-state index in [2.05, 4.69) is 22.1 Å². The van der Waals surface area contributed by atoms with Gasteiger partial charge in [-0.2, -0.15) is 0 Å². The largest absolute Gasteiger partial charge is 0.497 e. The average Bonchev–Trinajstić information content (AvgIpc) is 3.18. The number of thiazole rings is 1. The highest BCUT2D eigenvalue weighted by molar-refractivity contribution is 7.13. The summed E-state index contributed by atoms with van der Waals surface area (Å²) in [6, 6.07) is 16.2. The maximum Gasteiger partial charge on any atom is 0.180 e. The molecule has 4 nitrogen and oxygen atoms in total. The number of anilines is 1. The molecule has 4 aromatic rings. The van der Waals surface area contributed by atoms with Gasteiger partial charge in [0.05, 0.1) is 18.5 Å². The molecule has 4 rings (SSSR count). The summed E-state index contributed by atoms with van der Waals surface area (Å²) < 4.78 is 5.24. The van der Waals surface area contributed by atoms with Gasteiger partial charge in [-0.25, -0.2) is 4.98 Å². The predicted octanol–water partition coefficient (Wildman–Crippen LogP) is 4.55. The molecule has 2 aromatic carbocycles. The number of benzene rings is 2. The van der Waals surface area contributed by atoms with Crippen molar-refractivity contribution in [3.8, 4) is 28.3 Å². The fraction of sp³-hybridized carbons (Fsp3) is 0.0556. The Morgan fingerprint density at radius 1 is 1.09 bits per heavy atom. The van der Waals surface area contributed by atoms with E-state index in [4.69, 9.17) is 10.5 Å². The van der Waals surface area contributed by atoms with Gasteiger partial charge in [0.15, 0.2) is 5.13 Å². The number of nitrogens with one attached hydrogen (secondary N) is 1. The fourth-order valence-corrected chi connectivity index (χ4v) is 3.34. The van der Waals surface area contributed by atoms with E-state index in [0.717, 1.165) is 39.2 Å². The molecule has 0 unspecified atom stereocenters. The van der Waals surface area contributed by atoms with Crippen LogP contribution in [0, 0.1) is 0 Å². The molecule has 0 aliphatic heterocycles. The number of rotatable bonds is 3. The standard InChI is InChI=1S/C18H15N3OS/c1-22-12-8-6-11(7-9-12)17-16(15-10-23-18(19)21-15)13-4-2-3-5-14(13)20-17/h2-10,20H,1H3,(H2,19,21). The Kier molecular flexibility index (Phi) is 3.28. The lowest BCUT2D eigenvalue weighted by Gasteiger charge is -2.04. The van der Waals surface area contributed by atoms with Gasteiger partial charge in [-0.15, -0.1) is 11.3 Å². The monoisotopic (exact) mass is 321 g/mol. The molecular formula is C18H15N3OS. The zero-order valence-electron chi connectivity index (χ0n) is 12.5. The minimum Gasteiger partial charge on any atom is -0.497 e. The summed E-state index contributed by atoms with van der Waals surface area (Å²) in [4.78, 5) is 7.98. The lowest BCUT2D eigenvalue weighted by atomic mass is 10.0. The normalized spacial score (nSPS) is 11.0. The molecule has 0 saturated carbocycles. The topological polar surface area (TPSA) is 63.9 Å². The molecule has 0 aliphatic rings. The van der Waals surface area contributed by atoms with Crippen molar-refractivity contribution in [3.63, 3.8) is 0 Å². The quantitative estimate of drug-likeness (QED) is 0.582. The SMILES string of the molecule is COc1ccc(-c2[nH]c3ccccc3c2-c2csc(N)n2)cc1. The van der Waals surface area contributed by atoms with Crippen molar-refractivity contribution < 1.29 is 4.74 Å². The zero-order chi connectivity index (χ0) is 15.8. The van der Waals surface area contributed by atoms with Crippen LogP contribution in [0.3, 0.4) is 0 Å². The van der Waals surface area contributed by atoms with E-state index in [-0.39, 0.29) is 0 Å². The third-order valence-electron chi connectivity index (χ3n) is 3.86. The molecule has 114 valence electrons. The van der Waals surface area contributed by atoms with Gasteiger partial charge in [0.1, 0.15) is 5.75 Å². The van der Waals surface area contributed by atoms with Crippen LogP contribution < -0.4 is 10.5 Å². The summed E-state index contributed by atoms with van der Waals surface area (Å²) >= 11 is 1.45. The van der Waals surface area contributed by atoms with Gasteiger partial charge in [-0.3, -0.25) is 0 Å². The van der Waals surface area contributed by atoms with E-state index in [9.17, 15) is 0 Å². The summed E-state index contributed by atoms with van der Waals surface area (Å²) in [5.74, 6) is 0.837. The Bertz CT molecular complexity index is 970. The van der Waals surface area contributed by atoms with Crippen LogP contribution in [-0.2, 0) is 0 Å². The Morgan fingerprint density at radius 2 is 1.87 bits per heavy atom. The Hall–Kier alpha value is -2.79. The Balaban J connectivity index is 1.98. The number of methoxy groups -OCH3 is 1. The van der Waals surface area contributed by atoms with Crippen LogP contribution >= 0.6 is 11.3 Å². The van der Waals surface area contributed by atoms with Gasteiger partial charge in [-0.05, 0) is 35.9 Å². The number of hydrogen-bond acceptors (Lipinski definition) is 4. The minimum atomic E-state index is 0.575. The lowest BCUT2D eigenvalue weighted by molar-refractivity contribution is 0.415. The van der Waals surface area contributed by atoms with E-state index in [1.54, 1.807) is 7.11 Å². The van der Waals surface area contributed by atoms with Crippen molar-refractivity contribution in [1.82, 2.24) is 9.97 Å². The number of fused-ring (bicyclic) bond motifs is 1. The van der Waals surface area contributed by atoms with Gasteiger partial charge < -0.3 is 15.5 Å². The Labute approximate surface area is 137 Å². The number of nitrogens with two attached hydrogens (primary N) is 1. The number of nitrogens with zero attached hydrogens (tertiary/aromatic N) is 1. The van der Waals surface area contributed by atoms with Crippen LogP contribution in [0.4, 0.5) is 5.13 Å². The van der Waals surface area contributed by atoms with Crippen molar-refractivity contribution in [1.29, 1.82) is 0 Å². The molecule has 3 N–H and O–H groups in total. The van der Waals surface area contributed by atoms with E-state index in [1.165, 1.54) is 11.3 Å². The first-order valence-corrected chi connectivity index (χ1v) is 8.11. The summed E-state index contributed by atoms with van der Waals surface area (Å²) in [5, 5.41) is 3.72. The van der Waals surface area contributed by atoms with Crippen LogP contribution in [0.2, 0.25) is 0 Å². The van der Waals surface area contributed by atoms with Gasteiger partial charge in [0.25, 0.3) is 0 Å². The van der Waals surface area contributed by atoms with Gasteiger partial charge >= 0.3 is 0 Å². The molecule has 2 aromatic heterocycles. The van der Waals surface area contributed by atoms with E-state index in [1.807, 2.05) is 41.8 Å². The number of aromatic amines is 1. The van der Waals surface area contributed by atoms with Crippen LogP contribution in [0.1, 0.15) is 0 Å². The first-order valence-electron chi connectivity index (χ1n) is 7.23. The van der Waals surface area contributed by atoms with Crippen LogP contribution in [0.25, 0.3) is 33.4 Å². The van der Waals surface area contributed by atoms with E-state index in [0.29, 0.717) is 5.13 Å². The number of H-pyrrole nitrogens is 1. The number of nitrogen functional groups attached to an aromatic ring is 1. The van der Waals surface area contributed by atoms with Crippen molar-refractivity contribution in [2.24, 2.45) is 0 Å². The first kappa shape index (κ1) is 13.8. The second-order valence-electron chi connectivity index (χ2n) is 5.22. The molecule has 0 fully saturated rings. The number of aromatic nitrogens is 2. The van der Waals surface area contributed by atoms with Gasteiger partial charge in [-0.1, -0.05) is 18.2 Å². The molecule has 0 spiro atoms. The molecule has 0 bridgehead atoms. The summed E-state index contributed by atoms with van der Waals surface area (Å²) in [5.41, 5.74) is 11.0. The van der Waals surface area contributed by atoms with Gasteiger partial charge in [0.2, 0.25) is 0 Å². The maximum atomic E-state index is 5.84. The van der Waals surface area contributed by atoms with E-state index >= 15 is 0 Å². The summed E-state index contributed by atoms with van der Waals surface area (Å²) in [6.07, 6.45) is 0. The van der Waals surface area contributed by atoms with Crippen LogP contribution in [0.15, 0.2) is 53.9 Å². The highest BCUT2D eigenvalue weighted by atomic mass is 32.1. The molecule has 0 aliphatic carbocycles. The molecule has 0 saturated heterocycles. The highest BCUT2D eigenvalue weighted by Crippen LogP contribution is 2.39. The molecule has 23 heavy (non-hydrogen) atoms. The Morgan fingerprint density at radius 3 is 2.57 bits per heavy atom. The van der Waals surface area contributed by atoms with Gasteiger partial charge in [0, 0.05) is 21.8 Å². The van der Waals surface area contributed by atoms with Crippen molar-refractivity contribution in [3.05, 3.63) is 53.9 Å². The molecule has 0 amide bonds. The summed E-state index contributed by atoms with van der Waals surface area (Å²) in [7, 11) is 1.67. The zero-order valence-corrected chi connectivity index (χ0v) is 13.4. The van der Waals surface area contributed by atoms with Crippen LogP contribution in [-0.4, -0.2) is 17.1 Å². The summed E-state index contributed by atoms with van der Waals surface area (Å²) in [6.45, 7) is 0. The molecule has 5 heteroatoms. The fourth-order valence-electron chi connectivity index (χ4n) is 2.78. The maximum absolute atomic E-state index is 5.84. The average molecular weight is 321 g/mol. The first-order chi connectivity index (χ1) is 11.3. The smallest absolute Gasteiger partial charge is 0.180 e. The minimum absolute atomic E-state index is 0.575. The molecular weight excluding hydrogens is 306 g/mol. The lowest BCUT2D eigenvalue weighted by Crippen LogP contribution is -1.86. The van der Waals surface area contributed by atoms with Crippen molar-refractivity contribution in [2.45, 2.75) is 0 Å². The second kappa shape index (κ2) is 5.44. The van der Waals surface area contributed by atoms with E-state index < -0.39 is 0 Å². The number of hydrogen-bond donors (Lipinski definition) is 2. The number of para-hydroxylation sites is 1. The molecule has 2 heterocycles. The highest BCUT2D eigenvalue weighted by Gasteiger charge is 2.17. The third-order valence-corrected chi connectivity index (χ3v) is 4.54. The van der Waals surface area contributed by atoms with Crippen molar-refractivity contribution in [2.75, 3.05) is 12.8 Å². The van der Waals surface area contributed by atoms with Crippen LogP contribution in [0.5, 0.6) is 5.75 Å². The molecule has 0 atom stereocenters. The molecule has 0 radical (unpaired) electrons. The predicted molar refractivity (Wildman–Crippen MR) is 95.8 cm³/mol. The number of ether oxygens (including phenoxy) is 1. The van der Waals surface area contributed by atoms with Crippen molar-refractivity contribution >= 4 is 27.4 Å². The third kappa shape index (κ3) is 2.35.